The van der Waals surface area contributed by atoms with Gasteiger partial charge in [0.25, 0.3) is 0 Å². The molecule has 0 fully saturated rings. The van der Waals surface area contributed by atoms with E-state index in [2.05, 4.69) is 6.92 Å². The topological polar surface area (TPSA) is 35.5 Å². The van der Waals surface area contributed by atoms with E-state index < -0.39 is 0 Å². The van der Waals surface area contributed by atoms with Crippen molar-refractivity contribution in [1.82, 2.24) is 0 Å². The minimum absolute atomic E-state index is 0.181. The van der Waals surface area contributed by atoms with Crippen LogP contribution in [-0.2, 0) is 4.79 Å². The molecule has 0 spiro atoms. The van der Waals surface area contributed by atoms with Crippen LogP contribution in [0.3, 0.4) is 0 Å². The van der Waals surface area contributed by atoms with Gasteiger partial charge in [-0.3, -0.25) is 4.79 Å². The number of esters is 1. The first kappa shape index (κ1) is 12.6. The van der Waals surface area contributed by atoms with Crippen molar-refractivity contribution in [3.8, 4) is 11.5 Å². The van der Waals surface area contributed by atoms with Gasteiger partial charge < -0.3 is 9.47 Å². The van der Waals surface area contributed by atoms with Crippen molar-refractivity contribution in [1.29, 1.82) is 0 Å². The van der Waals surface area contributed by atoms with Crippen molar-refractivity contribution < 1.29 is 14.3 Å². The van der Waals surface area contributed by atoms with Crippen LogP contribution in [-0.4, -0.2) is 13.1 Å². The predicted molar refractivity (Wildman–Crippen MR) is 62.7 cm³/mol. The minimum Gasteiger partial charge on any atom is -0.497 e. The molecule has 0 heterocycles. The molecular weight excluding hydrogens is 204 g/mol. The smallest absolute Gasteiger partial charge is 0.311 e. The number of carbonyl (C=O) groups is 1. The highest BCUT2D eigenvalue weighted by Gasteiger charge is 2.09. The summed E-state index contributed by atoms with van der Waals surface area (Å²) in [4.78, 5) is 11.5. The summed E-state index contributed by atoms with van der Waals surface area (Å²) in [7, 11) is 1.60. The Morgan fingerprint density at radius 1 is 1.25 bits per heavy atom. The van der Waals surface area contributed by atoms with Gasteiger partial charge in [0.05, 0.1) is 7.11 Å². The Morgan fingerprint density at radius 2 is 1.81 bits per heavy atom. The van der Waals surface area contributed by atoms with Crippen LogP contribution < -0.4 is 9.47 Å². The van der Waals surface area contributed by atoms with E-state index >= 15 is 0 Å². The number of hydrogen-bond acceptors (Lipinski definition) is 3. The summed E-state index contributed by atoms with van der Waals surface area (Å²) in [5.41, 5.74) is 0. The van der Waals surface area contributed by atoms with Gasteiger partial charge in [0.1, 0.15) is 11.5 Å². The maximum Gasteiger partial charge on any atom is 0.311 e. The van der Waals surface area contributed by atoms with Crippen molar-refractivity contribution in [2.75, 3.05) is 7.11 Å². The van der Waals surface area contributed by atoms with E-state index in [-0.39, 0.29) is 5.97 Å². The number of benzene rings is 1. The molecule has 1 unspecified atom stereocenters. The first-order chi connectivity index (χ1) is 7.65. The standard InChI is InChI=1S/C13H18O3/c1-4-10(2)9-13(14)16-12-7-5-11(15-3)6-8-12/h5-8,10H,4,9H2,1-3H3. The molecule has 3 nitrogen and oxygen atoms in total. The molecule has 0 aliphatic rings. The van der Waals surface area contributed by atoms with Crippen LogP contribution >= 0.6 is 0 Å². The van der Waals surface area contributed by atoms with Crippen LogP contribution in [0.4, 0.5) is 0 Å². The highest BCUT2D eigenvalue weighted by atomic mass is 16.5. The average molecular weight is 222 g/mol. The van der Waals surface area contributed by atoms with E-state index in [4.69, 9.17) is 9.47 Å². The zero-order valence-electron chi connectivity index (χ0n) is 10.0. The summed E-state index contributed by atoms with van der Waals surface area (Å²) in [6.45, 7) is 4.10. The summed E-state index contributed by atoms with van der Waals surface area (Å²) in [5, 5.41) is 0. The van der Waals surface area contributed by atoms with Crippen molar-refractivity contribution in [2.24, 2.45) is 5.92 Å². The van der Waals surface area contributed by atoms with E-state index in [0.717, 1.165) is 12.2 Å². The van der Waals surface area contributed by atoms with E-state index in [1.807, 2.05) is 6.92 Å². The molecule has 1 aromatic rings. The second-order valence-corrected chi connectivity index (χ2v) is 3.87. The molecule has 0 aliphatic carbocycles. The fraction of sp³-hybridized carbons (Fsp3) is 0.462. The Hall–Kier alpha value is -1.51. The fourth-order valence-corrected chi connectivity index (χ4v) is 1.25. The van der Waals surface area contributed by atoms with Crippen LogP contribution in [0.25, 0.3) is 0 Å². The number of methoxy groups -OCH3 is 1. The Labute approximate surface area is 96.4 Å². The van der Waals surface area contributed by atoms with E-state index in [9.17, 15) is 4.79 Å². The zero-order chi connectivity index (χ0) is 12.0. The lowest BCUT2D eigenvalue weighted by molar-refractivity contribution is -0.135. The molecule has 1 atom stereocenters. The summed E-state index contributed by atoms with van der Waals surface area (Å²) in [6.07, 6.45) is 1.44. The predicted octanol–water partition coefficient (Wildman–Crippen LogP) is 3.04. The fourth-order valence-electron chi connectivity index (χ4n) is 1.25. The van der Waals surface area contributed by atoms with Gasteiger partial charge in [-0.1, -0.05) is 20.3 Å². The van der Waals surface area contributed by atoms with E-state index in [0.29, 0.717) is 18.1 Å². The molecule has 1 rings (SSSR count). The third kappa shape index (κ3) is 3.93. The number of rotatable bonds is 5. The van der Waals surface area contributed by atoms with Crippen LogP contribution in [0.1, 0.15) is 26.7 Å². The molecule has 0 saturated carbocycles. The maximum atomic E-state index is 11.5. The minimum atomic E-state index is -0.181. The van der Waals surface area contributed by atoms with Gasteiger partial charge in [-0.2, -0.15) is 0 Å². The molecule has 3 heteroatoms. The molecule has 16 heavy (non-hydrogen) atoms. The molecule has 1 aromatic carbocycles. The lowest BCUT2D eigenvalue weighted by Gasteiger charge is -2.08. The number of hydrogen-bond donors (Lipinski definition) is 0. The normalized spacial score (nSPS) is 11.9. The maximum absolute atomic E-state index is 11.5. The van der Waals surface area contributed by atoms with Crippen LogP contribution in [0.15, 0.2) is 24.3 Å². The van der Waals surface area contributed by atoms with Gasteiger partial charge in [-0.25, -0.2) is 0 Å². The molecule has 0 radical (unpaired) electrons. The highest BCUT2D eigenvalue weighted by Crippen LogP contribution is 2.18. The molecule has 0 bridgehead atoms. The van der Waals surface area contributed by atoms with Gasteiger partial charge in [0, 0.05) is 6.42 Å². The largest absolute Gasteiger partial charge is 0.497 e. The summed E-state index contributed by atoms with van der Waals surface area (Å²) >= 11 is 0. The van der Waals surface area contributed by atoms with E-state index in [1.54, 1.807) is 31.4 Å². The van der Waals surface area contributed by atoms with Gasteiger partial charge in [-0.15, -0.1) is 0 Å². The van der Waals surface area contributed by atoms with Crippen molar-refractivity contribution in [3.05, 3.63) is 24.3 Å². The van der Waals surface area contributed by atoms with Gasteiger partial charge >= 0.3 is 5.97 Å². The summed E-state index contributed by atoms with van der Waals surface area (Å²) in [5.74, 6) is 1.50. The molecule has 0 amide bonds. The summed E-state index contributed by atoms with van der Waals surface area (Å²) < 4.78 is 10.2. The van der Waals surface area contributed by atoms with E-state index in [1.165, 1.54) is 0 Å². The van der Waals surface area contributed by atoms with Crippen molar-refractivity contribution in [2.45, 2.75) is 26.7 Å². The van der Waals surface area contributed by atoms with Crippen molar-refractivity contribution >= 4 is 5.97 Å². The van der Waals surface area contributed by atoms with Gasteiger partial charge in [0.15, 0.2) is 0 Å². The first-order valence-electron chi connectivity index (χ1n) is 5.50. The molecule has 0 aromatic heterocycles. The third-order valence-corrected chi connectivity index (χ3v) is 2.50. The van der Waals surface area contributed by atoms with Crippen LogP contribution in [0.5, 0.6) is 11.5 Å². The Morgan fingerprint density at radius 3 is 2.31 bits per heavy atom. The second-order valence-electron chi connectivity index (χ2n) is 3.87. The molecule has 0 N–H and O–H groups in total. The highest BCUT2D eigenvalue weighted by molar-refractivity contribution is 5.72. The van der Waals surface area contributed by atoms with Gasteiger partial charge in [0.2, 0.25) is 0 Å². The lowest BCUT2D eigenvalue weighted by atomic mass is 10.1. The molecule has 0 saturated heterocycles. The summed E-state index contributed by atoms with van der Waals surface area (Å²) in [6, 6.07) is 7.00. The molecule has 0 aliphatic heterocycles. The third-order valence-electron chi connectivity index (χ3n) is 2.50. The monoisotopic (exact) mass is 222 g/mol. The quantitative estimate of drug-likeness (QED) is 0.567. The van der Waals surface area contributed by atoms with Crippen LogP contribution in [0.2, 0.25) is 0 Å². The van der Waals surface area contributed by atoms with Crippen LogP contribution in [0, 0.1) is 5.92 Å². The molecule has 88 valence electrons. The average Bonchev–Trinajstić information content (AvgIpc) is 2.29. The number of carbonyl (C=O) groups excluding carboxylic acids is 1. The molecular formula is C13H18O3. The number of ether oxygens (including phenoxy) is 2. The lowest BCUT2D eigenvalue weighted by Crippen LogP contribution is -2.11. The first-order valence-corrected chi connectivity index (χ1v) is 5.50. The van der Waals surface area contributed by atoms with Crippen molar-refractivity contribution in [3.63, 3.8) is 0 Å². The zero-order valence-corrected chi connectivity index (χ0v) is 10.0. The van der Waals surface area contributed by atoms with Gasteiger partial charge in [-0.05, 0) is 30.2 Å². The Kier molecular flexibility index (Phi) is 4.83. The Balaban J connectivity index is 2.49. The SMILES string of the molecule is CCC(C)CC(=O)Oc1ccc(OC)cc1. The Bertz CT molecular complexity index is 330. The second kappa shape index (κ2) is 6.16.